The maximum absolute atomic E-state index is 12.3. The fourth-order valence-corrected chi connectivity index (χ4v) is 5.11. The van der Waals surface area contributed by atoms with Crippen LogP contribution in [0.3, 0.4) is 0 Å². The number of aryl methyl sites for hydroxylation is 2. The lowest BCUT2D eigenvalue weighted by atomic mass is 9.70. The number of nitrogens with zero attached hydrogens (tertiary/aromatic N) is 2. The summed E-state index contributed by atoms with van der Waals surface area (Å²) < 4.78 is 5.85. The molecule has 23 heavy (non-hydrogen) atoms. The first-order valence-electron chi connectivity index (χ1n) is 8.37. The van der Waals surface area contributed by atoms with Crippen molar-refractivity contribution in [3.63, 3.8) is 0 Å². The van der Waals surface area contributed by atoms with Gasteiger partial charge in [-0.05, 0) is 50.5 Å². The standard InChI is InChI=1S/C18H26N2O2S/c1-11-8-12(2)20-16(19-11)23-10-15(21)22-14-9-13-6-7-18(14,5)17(13,3)4/h8,13-14H,6-7,9-10H2,1-5H3/t13-,14+,18+/m1/s1. The fraction of sp³-hybridized carbons (Fsp3) is 0.722. The van der Waals surface area contributed by atoms with Gasteiger partial charge in [-0.3, -0.25) is 4.79 Å². The molecule has 2 fully saturated rings. The SMILES string of the molecule is Cc1cc(C)nc(SCC(=O)O[C@H]2C[C@H]3CC[C@]2(C)C3(C)C)n1. The number of aromatic nitrogens is 2. The molecule has 5 heteroatoms. The lowest BCUT2D eigenvalue weighted by molar-refractivity contribution is -0.153. The molecule has 1 heterocycles. The van der Waals surface area contributed by atoms with E-state index in [2.05, 4.69) is 30.7 Å². The normalized spacial score (nSPS) is 31.3. The van der Waals surface area contributed by atoms with Crippen molar-refractivity contribution in [2.75, 3.05) is 5.75 Å². The van der Waals surface area contributed by atoms with E-state index in [1.807, 2.05) is 19.9 Å². The molecular weight excluding hydrogens is 308 g/mol. The minimum Gasteiger partial charge on any atom is -0.461 e. The summed E-state index contributed by atoms with van der Waals surface area (Å²) in [4.78, 5) is 21.0. The smallest absolute Gasteiger partial charge is 0.316 e. The number of fused-ring (bicyclic) bond motifs is 2. The van der Waals surface area contributed by atoms with Crippen LogP contribution >= 0.6 is 11.8 Å². The van der Waals surface area contributed by atoms with Gasteiger partial charge in [0.15, 0.2) is 5.16 Å². The van der Waals surface area contributed by atoms with Crippen LogP contribution in [-0.2, 0) is 9.53 Å². The fourth-order valence-electron chi connectivity index (χ4n) is 4.38. The number of rotatable bonds is 4. The number of esters is 1. The highest BCUT2D eigenvalue weighted by atomic mass is 32.2. The van der Waals surface area contributed by atoms with E-state index < -0.39 is 0 Å². The van der Waals surface area contributed by atoms with Crippen LogP contribution in [0, 0.1) is 30.6 Å². The van der Waals surface area contributed by atoms with E-state index in [-0.39, 0.29) is 28.7 Å². The Kier molecular flexibility index (Phi) is 4.20. The monoisotopic (exact) mass is 334 g/mol. The molecule has 2 aliphatic carbocycles. The zero-order valence-electron chi connectivity index (χ0n) is 14.7. The molecule has 0 aliphatic heterocycles. The van der Waals surface area contributed by atoms with Crippen LogP contribution in [0.2, 0.25) is 0 Å². The summed E-state index contributed by atoms with van der Waals surface area (Å²) >= 11 is 1.36. The highest BCUT2D eigenvalue weighted by molar-refractivity contribution is 7.99. The molecule has 2 bridgehead atoms. The third-order valence-corrected chi connectivity index (χ3v) is 7.09. The second-order valence-corrected chi connectivity index (χ2v) is 8.75. The van der Waals surface area contributed by atoms with Gasteiger partial charge in [0.25, 0.3) is 0 Å². The van der Waals surface area contributed by atoms with Gasteiger partial charge in [0.05, 0.1) is 5.75 Å². The number of thioether (sulfide) groups is 1. The molecule has 4 nitrogen and oxygen atoms in total. The average Bonchev–Trinajstić information content (AvgIpc) is 2.77. The molecule has 1 aromatic rings. The molecule has 0 aromatic carbocycles. The highest BCUT2D eigenvalue weighted by Gasteiger charge is 2.62. The van der Waals surface area contributed by atoms with Crippen LogP contribution in [0.1, 0.15) is 51.4 Å². The molecule has 0 N–H and O–H groups in total. The van der Waals surface area contributed by atoms with Crippen molar-refractivity contribution in [3.8, 4) is 0 Å². The van der Waals surface area contributed by atoms with Crippen molar-refractivity contribution in [2.45, 2.75) is 65.1 Å². The largest absolute Gasteiger partial charge is 0.461 e. The third kappa shape index (κ3) is 2.88. The van der Waals surface area contributed by atoms with Crippen molar-refractivity contribution < 1.29 is 9.53 Å². The predicted octanol–water partition coefficient (Wildman–Crippen LogP) is 3.94. The maximum Gasteiger partial charge on any atom is 0.316 e. The number of carbonyl (C=O) groups excluding carboxylic acids is 1. The second kappa shape index (κ2) is 5.76. The molecule has 0 spiro atoms. The molecule has 2 saturated carbocycles. The van der Waals surface area contributed by atoms with Gasteiger partial charge in [0, 0.05) is 16.8 Å². The molecule has 3 rings (SSSR count). The summed E-state index contributed by atoms with van der Waals surface area (Å²) in [6, 6.07) is 1.93. The molecule has 0 unspecified atom stereocenters. The van der Waals surface area contributed by atoms with E-state index in [0.717, 1.165) is 24.2 Å². The highest BCUT2D eigenvalue weighted by Crippen LogP contribution is 2.66. The van der Waals surface area contributed by atoms with Crippen molar-refractivity contribution >= 4 is 17.7 Å². The summed E-state index contributed by atoms with van der Waals surface area (Å²) in [6.45, 7) is 10.8. The Bertz CT molecular complexity index is 611. The molecule has 0 amide bonds. The first kappa shape index (κ1) is 16.7. The third-order valence-electron chi connectivity index (χ3n) is 6.27. The number of carbonyl (C=O) groups is 1. The summed E-state index contributed by atoms with van der Waals surface area (Å²) in [5, 5.41) is 0.652. The molecular formula is C18H26N2O2S. The van der Waals surface area contributed by atoms with E-state index in [0.29, 0.717) is 11.1 Å². The zero-order chi connectivity index (χ0) is 16.8. The first-order chi connectivity index (χ1) is 10.7. The van der Waals surface area contributed by atoms with Crippen LogP contribution < -0.4 is 0 Å². The number of ether oxygens (including phenoxy) is 1. The lowest BCUT2D eigenvalue weighted by Gasteiger charge is -2.38. The van der Waals surface area contributed by atoms with Gasteiger partial charge in [-0.15, -0.1) is 0 Å². The summed E-state index contributed by atoms with van der Waals surface area (Å²) in [7, 11) is 0. The summed E-state index contributed by atoms with van der Waals surface area (Å²) in [6.07, 6.45) is 3.50. The Morgan fingerprint density at radius 3 is 2.48 bits per heavy atom. The molecule has 3 atom stereocenters. The minimum absolute atomic E-state index is 0.0597. The van der Waals surface area contributed by atoms with Gasteiger partial charge in [-0.25, -0.2) is 9.97 Å². The van der Waals surface area contributed by atoms with Crippen molar-refractivity contribution in [3.05, 3.63) is 17.5 Å². The van der Waals surface area contributed by atoms with Gasteiger partial charge in [0.2, 0.25) is 0 Å². The first-order valence-corrected chi connectivity index (χ1v) is 9.35. The summed E-state index contributed by atoms with van der Waals surface area (Å²) in [5.41, 5.74) is 2.24. The molecule has 2 aliphatic rings. The van der Waals surface area contributed by atoms with Crippen LogP contribution in [0.15, 0.2) is 11.2 Å². The van der Waals surface area contributed by atoms with Crippen LogP contribution in [-0.4, -0.2) is 27.8 Å². The van der Waals surface area contributed by atoms with Crippen molar-refractivity contribution in [1.82, 2.24) is 9.97 Å². The average molecular weight is 334 g/mol. The van der Waals surface area contributed by atoms with Gasteiger partial charge in [-0.1, -0.05) is 32.5 Å². The Balaban J connectivity index is 1.58. The predicted molar refractivity (Wildman–Crippen MR) is 91.3 cm³/mol. The van der Waals surface area contributed by atoms with E-state index in [4.69, 9.17) is 4.74 Å². The van der Waals surface area contributed by atoms with Crippen LogP contribution in [0.25, 0.3) is 0 Å². The van der Waals surface area contributed by atoms with Gasteiger partial charge in [0.1, 0.15) is 6.10 Å². The number of hydrogen-bond donors (Lipinski definition) is 0. The van der Waals surface area contributed by atoms with Crippen molar-refractivity contribution in [2.24, 2.45) is 16.7 Å². The Morgan fingerprint density at radius 1 is 1.30 bits per heavy atom. The van der Waals surface area contributed by atoms with Crippen molar-refractivity contribution in [1.29, 1.82) is 0 Å². The molecule has 0 radical (unpaired) electrons. The molecule has 1 aromatic heterocycles. The lowest BCUT2D eigenvalue weighted by Crippen LogP contribution is -2.38. The number of hydrogen-bond acceptors (Lipinski definition) is 5. The van der Waals surface area contributed by atoms with Crippen LogP contribution in [0.4, 0.5) is 0 Å². The Hall–Kier alpha value is -1.10. The van der Waals surface area contributed by atoms with E-state index in [1.165, 1.54) is 18.2 Å². The van der Waals surface area contributed by atoms with E-state index >= 15 is 0 Å². The second-order valence-electron chi connectivity index (χ2n) is 7.81. The summed E-state index contributed by atoms with van der Waals surface area (Å²) in [5.74, 6) is 0.814. The van der Waals surface area contributed by atoms with Gasteiger partial charge >= 0.3 is 5.97 Å². The topological polar surface area (TPSA) is 52.1 Å². The van der Waals surface area contributed by atoms with Crippen LogP contribution in [0.5, 0.6) is 0 Å². The Morgan fingerprint density at radius 2 is 1.96 bits per heavy atom. The quantitative estimate of drug-likeness (QED) is 0.474. The maximum atomic E-state index is 12.3. The van der Waals surface area contributed by atoms with E-state index in [9.17, 15) is 4.79 Å². The minimum atomic E-state index is -0.146. The van der Waals surface area contributed by atoms with Gasteiger partial charge < -0.3 is 4.74 Å². The molecule has 0 saturated heterocycles. The Labute approximate surface area is 142 Å². The zero-order valence-corrected chi connectivity index (χ0v) is 15.5. The molecule has 126 valence electrons. The van der Waals surface area contributed by atoms with E-state index in [1.54, 1.807) is 0 Å². The van der Waals surface area contributed by atoms with Gasteiger partial charge in [-0.2, -0.15) is 0 Å².